The maximum atomic E-state index is 12.4. The fourth-order valence-electron chi connectivity index (χ4n) is 3.71. The number of aliphatic hydroxyl groups is 1. The van der Waals surface area contributed by atoms with Crippen molar-refractivity contribution in [1.29, 1.82) is 0 Å². The van der Waals surface area contributed by atoms with Crippen LogP contribution in [0, 0.1) is 6.92 Å². The summed E-state index contributed by atoms with van der Waals surface area (Å²) in [7, 11) is 1.64. The molecule has 5 heterocycles. The molecule has 1 aliphatic heterocycles. The summed E-state index contributed by atoms with van der Waals surface area (Å²) >= 11 is 0. The molecule has 4 aromatic rings. The molecule has 0 unspecified atom stereocenters. The molecule has 5 rings (SSSR count). The standard InChI is InChI=1S/C22H22N8O4/c1-12(19-25-13(2)28-34-19)24-21-23-9-7-16(27-21)14-5-4-6-15(26-14)17-11-18(33-29-17)22(32)8-10-30(3)20(22)31/h4-7,9,11-12,32H,8,10H2,1-3H3,(H,23,24,27)/t12-,22-/m1/s1. The summed E-state index contributed by atoms with van der Waals surface area (Å²) in [5, 5.41) is 21.8. The van der Waals surface area contributed by atoms with Crippen LogP contribution in [-0.4, -0.2) is 59.8 Å². The first-order chi connectivity index (χ1) is 16.3. The Balaban J connectivity index is 1.38. The molecule has 4 aromatic heterocycles. The molecule has 2 N–H and O–H groups in total. The van der Waals surface area contributed by atoms with Gasteiger partial charge in [-0.15, -0.1) is 0 Å². The predicted molar refractivity (Wildman–Crippen MR) is 118 cm³/mol. The Morgan fingerprint density at radius 1 is 1.09 bits per heavy atom. The van der Waals surface area contributed by atoms with E-state index in [1.54, 1.807) is 38.4 Å². The van der Waals surface area contributed by atoms with E-state index in [1.807, 2.05) is 19.1 Å². The molecule has 0 saturated carbocycles. The van der Waals surface area contributed by atoms with Crippen LogP contribution >= 0.6 is 0 Å². The van der Waals surface area contributed by atoms with E-state index in [-0.39, 0.29) is 18.2 Å². The molecule has 0 spiro atoms. The van der Waals surface area contributed by atoms with Crippen LogP contribution in [0.25, 0.3) is 22.8 Å². The van der Waals surface area contributed by atoms with Crippen LogP contribution in [-0.2, 0) is 10.4 Å². The molecule has 2 atom stereocenters. The molecule has 1 saturated heterocycles. The van der Waals surface area contributed by atoms with Crippen molar-refractivity contribution in [3.8, 4) is 22.8 Å². The van der Waals surface area contributed by atoms with Gasteiger partial charge in [0.15, 0.2) is 11.6 Å². The van der Waals surface area contributed by atoms with Gasteiger partial charge in [0.1, 0.15) is 11.7 Å². The van der Waals surface area contributed by atoms with Crippen LogP contribution in [0.3, 0.4) is 0 Å². The first-order valence-corrected chi connectivity index (χ1v) is 10.7. The van der Waals surface area contributed by atoms with Gasteiger partial charge in [0.05, 0.1) is 17.1 Å². The molecular formula is C22H22N8O4. The topological polar surface area (TPSA) is 156 Å². The summed E-state index contributed by atoms with van der Waals surface area (Å²) in [6.45, 7) is 4.05. The Labute approximate surface area is 194 Å². The van der Waals surface area contributed by atoms with Gasteiger partial charge >= 0.3 is 0 Å². The van der Waals surface area contributed by atoms with Crippen molar-refractivity contribution in [2.45, 2.75) is 31.9 Å². The van der Waals surface area contributed by atoms with Crippen LogP contribution in [0.4, 0.5) is 5.95 Å². The highest BCUT2D eigenvalue weighted by atomic mass is 16.5. The van der Waals surface area contributed by atoms with Crippen LogP contribution in [0.2, 0.25) is 0 Å². The quantitative estimate of drug-likeness (QED) is 0.432. The lowest BCUT2D eigenvalue weighted by atomic mass is 9.98. The highest BCUT2D eigenvalue weighted by Crippen LogP contribution is 2.34. The largest absolute Gasteiger partial charge is 0.373 e. The van der Waals surface area contributed by atoms with Crippen molar-refractivity contribution in [2.75, 3.05) is 18.9 Å². The van der Waals surface area contributed by atoms with Crippen LogP contribution in [0.1, 0.15) is 36.9 Å². The molecule has 1 aliphatic rings. The zero-order chi connectivity index (χ0) is 23.9. The predicted octanol–water partition coefficient (Wildman–Crippen LogP) is 2.11. The number of pyridine rings is 1. The third-order valence-electron chi connectivity index (χ3n) is 5.62. The van der Waals surface area contributed by atoms with Crippen LogP contribution in [0.15, 0.2) is 45.6 Å². The number of carbonyl (C=O) groups excluding carboxylic acids is 1. The van der Waals surface area contributed by atoms with Crippen LogP contribution in [0.5, 0.6) is 0 Å². The van der Waals surface area contributed by atoms with E-state index in [1.165, 1.54) is 4.90 Å². The van der Waals surface area contributed by atoms with Crippen molar-refractivity contribution >= 4 is 11.9 Å². The number of nitrogens with zero attached hydrogens (tertiary/aromatic N) is 7. The highest BCUT2D eigenvalue weighted by Gasteiger charge is 2.48. The van der Waals surface area contributed by atoms with E-state index in [0.717, 1.165) is 0 Å². The summed E-state index contributed by atoms with van der Waals surface area (Å²) in [6, 6.07) is 8.39. The van der Waals surface area contributed by atoms with Crippen molar-refractivity contribution in [2.24, 2.45) is 0 Å². The number of likely N-dealkylation sites (tertiary alicyclic amines) is 1. The lowest BCUT2D eigenvalue weighted by Gasteiger charge is -2.16. The van der Waals surface area contributed by atoms with Crippen LogP contribution < -0.4 is 5.32 Å². The third kappa shape index (κ3) is 3.88. The van der Waals surface area contributed by atoms with Gasteiger partial charge in [-0.25, -0.2) is 15.0 Å². The molecule has 0 radical (unpaired) electrons. The van der Waals surface area contributed by atoms with E-state index < -0.39 is 11.5 Å². The SMILES string of the molecule is Cc1noc([C@@H](C)Nc2nccc(-c3cccc(-c4cc([C@]5(O)CCN(C)C5=O)on4)n3)n2)n1. The van der Waals surface area contributed by atoms with Crippen molar-refractivity contribution in [3.63, 3.8) is 0 Å². The normalized spacial score (nSPS) is 18.9. The van der Waals surface area contributed by atoms with Crippen molar-refractivity contribution in [1.82, 2.24) is 35.1 Å². The number of rotatable bonds is 6. The molecule has 12 nitrogen and oxygen atoms in total. The Hall–Kier alpha value is -4.19. The average Bonchev–Trinajstić information content (AvgIpc) is 3.57. The Bertz CT molecular complexity index is 1350. The molecule has 1 amide bonds. The molecule has 0 aromatic carbocycles. The van der Waals surface area contributed by atoms with Gasteiger partial charge < -0.3 is 24.4 Å². The second-order valence-corrected chi connectivity index (χ2v) is 8.13. The Morgan fingerprint density at radius 3 is 2.56 bits per heavy atom. The van der Waals surface area contributed by atoms with E-state index in [9.17, 15) is 9.90 Å². The fourth-order valence-corrected chi connectivity index (χ4v) is 3.71. The number of anilines is 1. The lowest BCUT2D eigenvalue weighted by molar-refractivity contribution is -0.144. The molecular weight excluding hydrogens is 440 g/mol. The monoisotopic (exact) mass is 462 g/mol. The van der Waals surface area contributed by atoms with Gasteiger partial charge in [-0.1, -0.05) is 16.4 Å². The zero-order valence-corrected chi connectivity index (χ0v) is 18.8. The first kappa shape index (κ1) is 21.6. The number of hydrogen-bond acceptors (Lipinski definition) is 11. The average molecular weight is 462 g/mol. The fraction of sp³-hybridized carbons (Fsp3) is 0.318. The molecule has 34 heavy (non-hydrogen) atoms. The van der Waals surface area contributed by atoms with E-state index in [4.69, 9.17) is 9.05 Å². The highest BCUT2D eigenvalue weighted by molar-refractivity contribution is 5.87. The number of amides is 1. The summed E-state index contributed by atoms with van der Waals surface area (Å²) in [5.74, 6) is 1.04. The van der Waals surface area contributed by atoms with Gasteiger partial charge in [0, 0.05) is 32.3 Å². The lowest BCUT2D eigenvalue weighted by Crippen LogP contribution is -2.35. The maximum Gasteiger partial charge on any atom is 0.262 e. The van der Waals surface area contributed by atoms with Gasteiger partial charge in [0.25, 0.3) is 5.91 Å². The van der Waals surface area contributed by atoms with Gasteiger partial charge in [-0.2, -0.15) is 4.98 Å². The molecule has 0 bridgehead atoms. The minimum absolute atomic E-state index is 0.0998. The van der Waals surface area contributed by atoms with Gasteiger partial charge in [0.2, 0.25) is 17.4 Å². The van der Waals surface area contributed by atoms with Gasteiger partial charge in [-0.3, -0.25) is 4.79 Å². The summed E-state index contributed by atoms with van der Waals surface area (Å²) in [4.78, 5) is 31.5. The minimum atomic E-state index is -1.71. The van der Waals surface area contributed by atoms with E-state index >= 15 is 0 Å². The van der Waals surface area contributed by atoms with E-state index in [0.29, 0.717) is 47.0 Å². The minimum Gasteiger partial charge on any atom is -0.373 e. The second kappa shape index (κ2) is 8.30. The number of aromatic nitrogens is 6. The summed E-state index contributed by atoms with van der Waals surface area (Å²) in [6.07, 6.45) is 1.86. The number of carbonyl (C=O) groups is 1. The first-order valence-electron chi connectivity index (χ1n) is 10.7. The smallest absolute Gasteiger partial charge is 0.262 e. The van der Waals surface area contributed by atoms with Crippen molar-refractivity contribution < 1.29 is 18.9 Å². The Kier molecular flexibility index (Phi) is 5.28. The molecule has 12 heteroatoms. The number of nitrogens with one attached hydrogen (secondary N) is 1. The third-order valence-corrected chi connectivity index (χ3v) is 5.62. The second-order valence-electron chi connectivity index (χ2n) is 8.13. The van der Waals surface area contributed by atoms with Gasteiger partial charge in [-0.05, 0) is 32.0 Å². The molecule has 174 valence electrons. The molecule has 1 fully saturated rings. The molecule has 0 aliphatic carbocycles. The van der Waals surface area contributed by atoms with Crippen molar-refractivity contribution in [3.05, 3.63) is 54.0 Å². The maximum absolute atomic E-state index is 12.4. The Morgan fingerprint density at radius 2 is 1.85 bits per heavy atom. The summed E-state index contributed by atoms with van der Waals surface area (Å²) in [5.41, 5.74) is 0.379. The zero-order valence-electron chi connectivity index (χ0n) is 18.8. The summed E-state index contributed by atoms with van der Waals surface area (Å²) < 4.78 is 10.5. The van der Waals surface area contributed by atoms with E-state index in [2.05, 4.69) is 35.6 Å². The number of likely N-dealkylation sites (N-methyl/N-ethyl adjacent to an activating group) is 1. The number of hydrogen-bond donors (Lipinski definition) is 2. The number of aryl methyl sites for hydroxylation is 1.